The summed E-state index contributed by atoms with van der Waals surface area (Å²) in [6, 6.07) is 9.79. The molecule has 0 unspecified atom stereocenters. The fourth-order valence-electron chi connectivity index (χ4n) is 2.14. The summed E-state index contributed by atoms with van der Waals surface area (Å²) >= 11 is 3.93. The van der Waals surface area contributed by atoms with Crippen molar-refractivity contribution in [2.24, 2.45) is 0 Å². The van der Waals surface area contributed by atoms with Gasteiger partial charge in [-0.3, -0.25) is 0 Å². The van der Waals surface area contributed by atoms with Crippen LogP contribution in [-0.2, 0) is 11.0 Å². The summed E-state index contributed by atoms with van der Waals surface area (Å²) in [6.07, 6.45) is -3.02. The molecule has 0 aliphatic heterocycles. The molecule has 0 atom stereocenters. The van der Waals surface area contributed by atoms with Crippen molar-refractivity contribution in [1.29, 1.82) is 5.26 Å². The van der Waals surface area contributed by atoms with Crippen LogP contribution in [0, 0.1) is 18.5 Å². The number of carboxylic acid groups (broad SMARTS) is 1. The van der Waals surface area contributed by atoms with Crippen molar-refractivity contribution in [2.75, 3.05) is 6.61 Å². The van der Waals surface area contributed by atoms with Gasteiger partial charge in [0.2, 0.25) is 0 Å². The highest BCUT2D eigenvalue weighted by Crippen LogP contribution is 2.33. The average molecular weight is 599 g/mol. The summed E-state index contributed by atoms with van der Waals surface area (Å²) in [4.78, 5) is 10.6. The molecule has 0 amide bonds. The van der Waals surface area contributed by atoms with E-state index in [9.17, 15) is 23.2 Å². The van der Waals surface area contributed by atoms with Crippen LogP contribution in [0.4, 0.5) is 13.2 Å². The summed E-state index contributed by atoms with van der Waals surface area (Å²) in [5.74, 6) is -0.713. The van der Waals surface area contributed by atoms with Gasteiger partial charge >= 0.3 is 12.1 Å². The van der Waals surface area contributed by atoms with Crippen molar-refractivity contribution in [3.05, 3.63) is 60.2 Å². The van der Waals surface area contributed by atoms with Crippen LogP contribution in [0.15, 0.2) is 36.4 Å². The molecule has 140 valence electrons. The molecular weight excluding hydrogens is 589 g/mol. The second-order valence-electron chi connectivity index (χ2n) is 5.24. The molecule has 27 heavy (non-hydrogen) atoms. The van der Waals surface area contributed by atoms with E-state index in [4.69, 9.17) is 9.84 Å². The van der Waals surface area contributed by atoms with E-state index in [0.717, 1.165) is 12.1 Å². The number of allylic oxidation sites excluding steroid dienone is 1. The predicted molar refractivity (Wildman–Crippen MR) is 110 cm³/mol. The van der Waals surface area contributed by atoms with E-state index in [1.54, 1.807) is 12.1 Å². The maximum absolute atomic E-state index is 12.9. The second-order valence-corrected chi connectivity index (χ2v) is 7.57. The second kappa shape index (κ2) is 8.92. The zero-order valence-corrected chi connectivity index (χ0v) is 17.7. The highest BCUT2D eigenvalue weighted by Gasteiger charge is 2.30. The van der Waals surface area contributed by atoms with Crippen LogP contribution in [-0.4, -0.2) is 17.7 Å². The minimum atomic E-state index is -4.50. The average Bonchev–Trinajstić information content (AvgIpc) is 2.58. The molecule has 9 heteroatoms. The van der Waals surface area contributed by atoms with E-state index < -0.39 is 24.3 Å². The van der Waals surface area contributed by atoms with Crippen molar-refractivity contribution < 1.29 is 27.8 Å². The summed E-state index contributed by atoms with van der Waals surface area (Å²) < 4.78 is 45.1. The number of rotatable bonds is 5. The molecule has 1 N–H and O–H groups in total. The number of carbonyl (C=O) groups is 1. The number of nitrogens with zero attached hydrogens (tertiary/aromatic N) is 1. The van der Waals surface area contributed by atoms with Crippen LogP contribution in [0.3, 0.4) is 0 Å². The lowest BCUT2D eigenvalue weighted by atomic mass is 10.0. The summed E-state index contributed by atoms with van der Waals surface area (Å²) in [7, 11) is 0. The molecule has 2 aromatic carbocycles. The van der Waals surface area contributed by atoms with Gasteiger partial charge in [0.15, 0.2) is 6.61 Å². The Morgan fingerprint density at radius 3 is 2.37 bits per heavy atom. The maximum atomic E-state index is 12.9. The summed E-state index contributed by atoms with van der Waals surface area (Å²) in [5.41, 5.74) is -0.0152. The Morgan fingerprint density at radius 2 is 1.85 bits per heavy atom. The third kappa shape index (κ3) is 5.83. The molecule has 0 saturated heterocycles. The first-order valence-corrected chi connectivity index (χ1v) is 9.40. The smallest absolute Gasteiger partial charge is 0.416 e. The molecule has 2 rings (SSSR count). The fraction of sp³-hybridized carbons (Fsp3) is 0.111. The van der Waals surface area contributed by atoms with Crippen molar-refractivity contribution in [3.63, 3.8) is 0 Å². The first-order chi connectivity index (χ1) is 12.6. The Hall–Kier alpha value is -1.81. The highest BCUT2D eigenvalue weighted by atomic mass is 127. The molecule has 4 nitrogen and oxygen atoms in total. The zero-order chi connectivity index (χ0) is 20.2. The van der Waals surface area contributed by atoms with Gasteiger partial charge in [0.1, 0.15) is 5.75 Å². The van der Waals surface area contributed by atoms with Crippen LogP contribution < -0.4 is 4.74 Å². The maximum Gasteiger partial charge on any atom is 0.416 e. The molecule has 0 fully saturated rings. The summed E-state index contributed by atoms with van der Waals surface area (Å²) in [5, 5.41) is 18.1. The molecule has 0 aliphatic rings. The van der Waals surface area contributed by atoms with Gasteiger partial charge < -0.3 is 9.84 Å². The number of alkyl halides is 3. The van der Waals surface area contributed by atoms with E-state index in [-0.39, 0.29) is 11.1 Å². The predicted octanol–water partition coefficient (Wildman–Crippen LogP) is 5.44. The van der Waals surface area contributed by atoms with Crippen LogP contribution >= 0.6 is 45.2 Å². The van der Waals surface area contributed by atoms with E-state index in [2.05, 4.69) is 0 Å². The topological polar surface area (TPSA) is 70.3 Å². The van der Waals surface area contributed by atoms with Gasteiger partial charge in [0.25, 0.3) is 0 Å². The van der Waals surface area contributed by atoms with Crippen LogP contribution in [0.2, 0.25) is 0 Å². The van der Waals surface area contributed by atoms with Crippen LogP contribution in [0.25, 0.3) is 11.6 Å². The highest BCUT2D eigenvalue weighted by molar-refractivity contribution is 14.1. The van der Waals surface area contributed by atoms with E-state index in [1.165, 1.54) is 18.2 Å². The van der Waals surface area contributed by atoms with Gasteiger partial charge in [0.05, 0.1) is 24.3 Å². The normalized spacial score (nSPS) is 11.8. The van der Waals surface area contributed by atoms with Crippen molar-refractivity contribution in [2.45, 2.75) is 6.18 Å². The third-order valence-corrected chi connectivity index (χ3v) is 4.90. The lowest BCUT2D eigenvalue weighted by molar-refractivity contribution is -0.139. The molecule has 0 aliphatic carbocycles. The Kier molecular flexibility index (Phi) is 7.10. The Bertz CT molecular complexity index is 927. The quantitative estimate of drug-likeness (QED) is 0.283. The first kappa shape index (κ1) is 21.5. The number of nitriles is 1. The fourth-order valence-corrected chi connectivity index (χ4v) is 4.27. The number of carboxylic acids is 1. The molecule has 0 spiro atoms. The zero-order valence-electron chi connectivity index (χ0n) is 13.3. The SMILES string of the molecule is N#C/C(=C/c1cc(I)c(OCC(=O)O)c(I)c1)c1cccc(C(F)(F)F)c1. The van der Waals surface area contributed by atoms with Crippen LogP contribution in [0.1, 0.15) is 16.7 Å². The first-order valence-electron chi connectivity index (χ1n) is 7.25. The minimum Gasteiger partial charge on any atom is -0.480 e. The van der Waals surface area contributed by atoms with Crippen molar-refractivity contribution in [3.8, 4) is 11.8 Å². The van der Waals surface area contributed by atoms with E-state index in [1.807, 2.05) is 51.3 Å². The van der Waals surface area contributed by atoms with Gasteiger partial charge in [-0.15, -0.1) is 0 Å². The Balaban J connectivity index is 2.41. The van der Waals surface area contributed by atoms with Crippen molar-refractivity contribution in [1.82, 2.24) is 0 Å². The summed E-state index contributed by atoms with van der Waals surface area (Å²) in [6.45, 7) is -0.491. The molecule has 0 saturated carbocycles. The van der Waals surface area contributed by atoms with Gasteiger partial charge in [-0.05, 0) is 86.7 Å². The number of hydrogen-bond acceptors (Lipinski definition) is 3. The molecular formula is C18H10F3I2NO3. The van der Waals surface area contributed by atoms with E-state index >= 15 is 0 Å². The van der Waals surface area contributed by atoms with Crippen molar-refractivity contribution >= 4 is 62.8 Å². The molecule has 0 radical (unpaired) electrons. The molecule has 0 heterocycles. The lowest BCUT2D eigenvalue weighted by Gasteiger charge is -2.10. The standard InChI is InChI=1S/C18H10F3I2NO3/c19-18(20,21)13-3-1-2-11(7-13)12(8-24)4-10-5-14(22)17(15(23)6-10)27-9-16(25)26/h1-7H,9H2,(H,25,26)/b12-4-. The van der Waals surface area contributed by atoms with Gasteiger partial charge in [0, 0.05) is 0 Å². The molecule has 2 aromatic rings. The number of benzene rings is 2. The minimum absolute atomic E-state index is 0.0758. The van der Waals surface area contributed by atoms with E-state index in [0.29, 0.717) is 18.5 Å². The lowest BCUT2D eigenvalue weighted by Crippen LogP contribution is -2.11. The van der Waals surface area contributed by atoms with Gasteiger partial charge in [-0.2, -0.15) is 18.4 Å². The molecule has 0 aromatic heterocycles. The Morgan fingerprint density at radius 1 is 1.22 bits per heavy atom. The monoisotopic (exact) mass is 599 g/mol. The number of aliphatic carboxylic acids is 1. The van der Waals surface area contributed by atoms with Gasteiger partial charge in [-0.25, -0.2) is 4.79 Å². The van der Waals surface area contributed by atoms with Crippen LogP contribution in [0.5, 0.6) is 5.75 Å². The molecule has 0 bridgehead atoms. The largest absolute Gasteiger partial charge is 0.480 e. The Labute approximate surface area is 179 Å². The van der Waals surface area contributed by atoms with Gasteiger partial charge in [-0.1, -0.05) is 12.1 Å². The number of hydrogen-bond donors (Lipinski definition) is 1. The number of halogens is 5. The number of ether oxygens (including phenoxy) is 1. The third-order valence-electron chi connectivity index (χ3n) is 3.29.